The van der Waals surface area contributed by atoms with E-state index in [9.17, 15) is 0 Å². The average molecular weight is 255 g/mol. The highest BCUT2D eigenvalue weighted by atomic mass is 16.5. The number of hydrogen-bond acceptors (Lipinski definition) is 4. The minimum atomic E-state index is 0.196. The van der Waals surface area contributed by atoms with Crippen LogP contribution in [0.25, 0.3) is 0 Å². The molecule has 0 amide bonds. The Balaban J connectivity index is 1.90. The van der Waals surface area contributed by atoms with Gasteiger partial charge in [0.15, 0.2) is 0 Å². The smallest absolute Gasteiger partial charge is 0.149 e. The summed E-state index contributed by atoms with van der Waals surface area (Å²) in [5.41, 5.74) is 8.76. The van der Waals surface area contributed by atoms with Crippen molar-refractivity contribution in [3.63, 3.8) is 0 Å². The number of hydrogen-bond donors (Lipinski definition) is 2. The van der Waals surface area contributed by atoms with Gasteiger partial charge >= 0.3 is 0 Å². The molecule has 0 saturated heterocycles. The maximum Gasteiger partial charge on any atom is 0.149 e. The summed E-state index contributed by atoms with van der Waals surface area (Å²) in [6.45, 7) is 2.67. The average Bonchev–Trinajstić information content (AvgIpc) is 2.43. The van der Waals surface area contributed by atoms with E-state index in [1.165, 1.54) is 0 Å². The Morgan fingerprint density at radius 3 is 3.00 bits per heavy atom. The Labute approximate surface area is 112 Å². The van der Waals surface area contributed by atoms with Gasteiger partial charge in [-0.3, -0.25) is 0 Å². The van der Waals surface area contributed by atoms with Crippen molar-refractivity contribution in [2.75, 3.05) is 17.7 Å². The van der Waals surface area contributed by atoms with Gasteiger partial charge in [-0.25, -0.2) is 4.98 Å². The molecular weight excluding hydrogens is 238 g/mol. The van der Waals surface area contributed by atoms with Gasteiger partial charge in [0.25, 0.3) is 0 Å². The van der Waals surface area contributed by atoms with Crippen LogP contribution in [0.4, 0.5) is 11.5 Å². The molecule has 1 unspecified atom stereocenters. The summed E-state index contributed by atoms with van der Waals surface area (Å²) in [5.74, 6) is 1.69. The first-order valence-corrected chi connectivity index (χ1v) is 6.45. The van der Waals surface area contributed by atoms with E-state index in [-0.39, 0.29) is 6.04 Å². The van der Waals surface area contributed by atoms with E-state index < -0.39 is 0 Å². The number of pyridine rings is 1. The Bertz CT molecular complexity index is 598. The van der Waals surface area contributed by atoms with Crippen LogP contribution in [0.1, 0.15) is 23.7 Å². The number of anilines is 2. The third-order valence-corrected chi connectivity index (χ3v) is 3.34. The van der Waals surface area contributed by atoms with Crippen LogP contribution in [-0.2, 0) is 0 Å². The molecule has 4 heteroatoms. The fourth-order valence-corrected chi connectivity index (χ4v) is 2.34. The second-order valence-electron chi connectivity index (χ2n) is 4.76. The molecule has 98 valence electrons. The molecule has 0 radical (unpaired) electrons. The van der Waals surface area contributed by atoms with Gasteiger partial charge in [-0.05, 0) is 25.1 Å². The quantitative estimate of drug-likeness (QED) is 0.866. The molecule has 1 aromatic carbocycles. The van der Waals surface area contributed by atoms with Gasteiger partial charge in [0.2, 0.25) is 0 Å². The van der Waals surface area contributed by atoms with Gasteiger partial charge in [-0.2, -0.15) is 0 Å². The summed E-state index contributed by atoms with van der Waals surface area (Å²) in [5, 5.41) is 3.43. The highest BCUT2D eigenvalue weighted by molar-refractivity contribution is 5.62. The number of nitrogens with one attached hydrogen (secondary N) is 1. The molecular formula is C15H17N3O. The summed E-state index contributed by atoms with van der Waals surface area (Å²) in [7, 11) is 0. The van der Waals surface area contributed by atoms with Crippen molar-refractivity contribution in [1.29, 1.82) is 0 Å². The molecule has 0 spiro atoms. The molecule has 0 aliphatic carbocycles. The van der Waals surface area contributed by atoms with Crippen LogP contribution in [-0.4, -0.2) is 11.6 Å². The van der Waals surface area contributed by atoms with E-state index in [0.717, 1.165) is 29.2 Å². The lowest BCUT2D eigenvalue weighted by Crippen LogP contribution is -2.21. The van der Waals surface area contributed by atoms with Crippen LogP contribution in [0.15, 0.2) is 36.4 Å². The zero-order valence-corrected chi connectivity index (χ0v) is 10.9. The van der Waals surface area contributed by atoms with Crippen LogP contribution >= 0.6 is 0 Å². The van der Waals surface area contributed by atoms with E-state index >= 15 is 0 Å². The van der Waals surface area contributed by atoms with Crippen LogP contribution in [0.5, 0.6) is 5.75 Å². The maximum absolute atomic E-state index is 5.97. The summed E-state index contributed by atoms with van der Waals surface area (Å²) < 4.78 is 5.65. The lowest BCUT2D eigenvalue weighted by molar-refractivity contribution is 0.274. The zero-order chi connectivity index (χ0) is 13.2. The lowest BCUT2D eigenvalue weighted by Gasteiger charge is -2.27. The number of rotatable bonds is 2. The molecule has 2 aromatic rings. The first-order chi connectivity index (χ1) is 9.24. The Hall–Kier alpha value is -2.23. The van der Waals surface area contributed by atoms with Crippen molar-refractivity contribution in [2.24, 2.45) is 0 Å². The van der Waals surface area contributed by atoms with Crippen molar-refractivity contribution in [2.45, 2.75) is 19.4 Å². The van der Waals surface area contributed by atoms with Gasteiger partial charge in [-0.15, -0.1) is 0 Å². The maximum atomic E-state index is 5.97. The third-order valence-electron chi connectivity index (χ3n) is 3.34. The van der Waals surface area contributed by atoms with E-state index in [1.54, 1.807) is 0 Å². The van der Waals surface area contributed by atoms with Crippen molar-refractivity contribution in [3.05, 3.63) is 47.7 Å². The first-order valence-electron chi connectivity index (χ1n) is 6.45. The standard InChI is InChI=1S/C15H17N3O/c1-10-6-7-12(16)15(17-10)18-13-8-9-19-14-5-3-2-4-11(13)14/h2-7,13H,8-9,16H2,1H3,(H,17,18). The number of aromatic nitrogens is 1. The molecule has 0 bridgehead atoms. The SMILES string of the molecule is Cc1ccc(N)c(NC2CCOc3ccccc32)n1. The number of benzene rings is 1. The molecule has 0 fully saturated rings. The molecule has 0 saturated carbocycles. The topological polar surface area (TPSA) is 60.2 Å². The van der Waals surface area contributed by atoms with E-state index in [1.807, 2.05) is 37.3 Å². The summed E-state index contributed by atoms with van der Waals surface area (Å²) >= 11 is 0. The van der Waals surface area contributed by atoms with Gasteiger partial charge in [0.1, 0.15) is 11.6 Å². The van der Waals surface area contributed by atoms with Gasteiger partial charge in [-0.1, -0.05) is 18.2 Å². The lowest BCUT2D eigenvalue weighted by atomic mass is 10.0. The normalized spacial score (nSPS) is 17.4. The van der Waals surface area contributed by atoms with E-state index in [0.29, 0.717) is 12.3 Å². The number of ether oxygens (including phenoxy) is 1. The van der Waals surface area contributed by atoms with Crippen molar-refractivity contribution >= 4 is 11.5 Å². The Morgan fingerprint density at radius 1 is 1.26 bits per heavy atom. The van der Waals surface area contributed by atoms with Crippen LogP contribution in [0, 0.1) is 6.92 Å². The number of nitrogens with two attached hydrogens (primary N) is 1. The third kappa shape index (κ3) is 2.34. The Morgan fingerprint density at radius 2 is 2.11 bits per heavy atom. The fourth-order valence-electron chi connectivity index (χ4n) is 2.34. The predicted octanol–water partition coefficient (Wildman–Crippen LogP) is 2.91. The monoisotopic (exact) mass is 255 g/mol. The molecule has 3 rings (SSSR count). The van der Waals surface area contributed by atoms with Gasteiger partial charge in [0, 0.05) is 17.7 Å². The summed E-state index contributed by atoms with van der Waals surface area (Å²) in [6.07, 6.45) is 0.909. The number of nitrogen functional groups attached to an aromatic ring is 1. The fraction of sp³-hybridized carbons (Fsp3) is 0.267. The number of para-hydroxylation sites is 1. The minimum Gasteiger partial charge on any atom is -0.493 e. The van der Waals surface area contributed by atoms with Crippen molar-refractivity contribution in [3.8, 4) is 5.75 Å². The van der Waals surface area contributed by atoms with Crippen LogP contribution in [0.2, 0.25) is 0 Å². The second-order valence-corrected chi connectivity index (χ2v) is 4.76. The first kappa shape index (κ1) is 11.8. The molecule has 4 nitrogen and oxygen atoms in total. The van der Waals surface area contributed by atoms with Gasteiger partial charge in [0.05, 0.1) is 18.3 Å². The highest BCUT2D eigenvalue weighted by Crippen LogP contribution is 2.34. The van der Waals surface area contributed by atoms with E-state index in [4.69, 9.17) is 10.5 Å². The van der Waals surface area contributed by atoms with Crippen LogP contribution < -0.4 is 15.8 Å². The Kier molecular flexibility index (Phi) is 2.99. The van der Waals surface area contributed by atoms with Gasteiger partial charge < -0.3 is 15.8 Å². The minimum absolute atomic E-state index is 0.196. The number of fused-ring (bicyclic) bond motifs is 1. The van der Waals surface area contributed by atoms with Crippen molar-refractivity contribution in [1.82, 2.24) is 4.98 Å². The molecule has 1 aliphatic heterocycles. The highest BCUT2D eigenvalue weighted by Gasteiger charge is 2.21. The molecule has 19 heavy (non-hydrogen) atoms. The summed E-state index contributed by atoms with van der Waals surface area (Å²) in [4.78, 5) is 4.46. The zero-order valence-electron chi connectivity index (χ0n) is 10.9. The molecule has 1 atom stereocenters. The predicted molar refractivity (Wildman–Crippen MR) is 76.3 cm³/mol. The number of nitrogens with zero attached hydrogens (tertiary/aromatic N) is 1. The van der Waals surface area contributed by atoms with Crippen molar-refractivity contribution < 1.29 is 4.74 Å². The largest absolute Gasteiger partial charge is 0.493 e. The molecule has 2 heterocycles. The number of aryl methyl sites for hydroxylation is 1. The van der Waals surface area contributed by atoms with E-state index in [2.05, 4.69) is 16.4 Å². The van der Waals surface area contributed by atoms with Crippen LogP contribution in [0.3, 0.4) is 0 Å². The summed E-state index contributed by atoms with van der Waals surface area (Å²) in [6, 6.07) is 12.1. The molecule has 1 aliphatic rings. The molecule has 1 aromatic heterocycles. The molecule has 3 N–H and O–H groups in total. The second kappa shape index (κ2) is 4.80.